The Hall–Kier alpha value is -1.90. The van der Waals surface area contributed by atoms with Gasteiger partial charge in [0, 0.05) is 12.5 Å². The maximum atomic E-state index is 5.61. The van der Waals surface area contributed by atoms with Crippen molar-refractivity contribution in [2.45, 2.75) is 32.7 Å². The highest BCUT2D eigenvalue weighted by molar-refractivity contribution is 5.56. The van der Waals surface area contributed by atoms with Gasteiger partial charge in [-0.05, 0) is 44.5 Å². The van der Waals surface area contributed by atoms with Crippen molar-refractivity contribution in [2.24, 2.45) is 0 Å². The zero-order valence-electron chi connectivity index (χ0n) is 11.6. The van der Waals surface area contributed by atoms with Gasteiger partial charge in [0.05, 0.1) is 18.6 Å². The summed E-state index contributed by atoms with van der Waals surface area (Å²) < 4.78 is 11.0. The van der Waals surface area contributed by atoms with Crippen LogP contribution in [0.1, 0.15) is 26.0 Å². The number of furan rings is 1. The van der Waals surface area contributed by atoms with Gasteiger partial charge in [0.15, 0.2) is 0 Å². The van der Waals surface area contributed by atoms with Crippen LogP contribution in [0.15, 0.2) is 47.1 Å². The molecule has 0 aliphatic carbocycles. The molecular weight excluding hydrogens is 238 g/mol. The summed E-state index contributed by atoms with van der Waals surface area (Å²) in [7, 11) is 0. The van der Waals surface area contributed by atoms with E-state index in [-0.39, 0.29) is 0 Å². The smallest absolute Gasteiger partial charge is 0.142 e. The van der Waals surface area contributed by atoms with E-state index in [9.17, 15) is 0 Å². The monoisotopic (exact) mass is 259 g/mol. The molecular formula is C16H21NO2. The number of hydrogen-bond donors (Lipinski definition) is 1. The predicted molar refractivity (Wildman–Crippen MR) is 77.7 cm³/mol. The molecule has 1 unspecified atom stereocenters. The molecule has 0 fully saturated rings. The molecule has 0 amide bonds. The molecule has 0 saturated heterocycles. The number of nitrogens with one attached hydrogen (secondary N) is 1. The van der Waals surface area contributed by atoms with Crippen molar-refractivity contribution in [1.82, 2.24) is 0 Å². The first-order chi connectivity index (χ1) is 9.29. The van der Waals surface area contributed by atoms with Crippen LogP contribution in [0.2, 0.25) is 0 Å². The van der Waals surface area contributed by atoms with Crippen LogP contribution in [-0.4, -0.2) is 12.6 Å². The van der Waals surface area contributed by atoms with Crippen LogP contribution < -0.4 is 10.1 Å². The first-order valence-corrected chi connectivity index (χ1v) is 6.80. The lowest BCUT2D eigenvalue weighted by atomic mass is 10.1. The molecule has 19 heavy (non-hydrogen) atoms. The van der Waals surface area contributed by atoms with Gasteiger partial charge in [0.2, 0.25) is 0 Å². The molecule has 3 heteroatoms. The number of benzene rings is 1. The molecule has 2 aromatic rings. The summed E-state index contributed by atoms with van der Waals surface area (Å²) in [6.07, 6.45) is 3.68. The minimum absolute atomic E-state index is 0.367. The van der Waals surface area contributed by atoms with Crippen LogP contribution in [-0.2, 0) is 6.42 Å². The molecule has 0 aliphatic heterocycles. The quantitative estimate of drug-likeness (QED) is 0.812. The Balaban J connectivity index is 1.89. The number of hydrogen-bond acceptors (Lipinski definition) is 3. The zero-order chi connectivity index (χ0) is 13.5. The SMILES string of the molecule is CCOc1ccccc1NC(C)CCc1ccco1. The Morgan fingerprint density at radius 2 is 2.05 bits per heavy atom. The summed E-state index contributed by atoms with van der Waals surface area (Å²) in [6, 6.07) is 12.4. The third-order valence-corrected chi connectivity index (χ3v) is 2.99. The van der Waals surface area contributed by atoms with Crippen molar-refractivity contribution >= 4 is 5.69 Å². The Morgan fingerprint density at radius 3 is 2.79 bits per heavy atom. The molecule has 3 nitrogen and oxygen atoms in total. The van der Waals surface area contributed by atoms with Gasteiger partial charge in [-0.15, -0.1) is 0 Å². The fraction of sp³-hybridized carbons (Fsp3) is 0.375. The summed E-state index contributed by atoms with van der Waals surface area (Å²) in [5.41, 5.74) is 1.05. The molecule has 1 atom stereocenters. The van der Waals surface area contributed by atoms with Crippen LogP contribution in [0, 0.1) is 0 Å². The van der Waals surface area contributed by atoms with E-state index in [0.717, 1.165) is 30.0 Å². The zero-order valence-corrected chi connectivity index (χ0v) is 11.6. The minimum Gasteiger partial charge on any atom is -0.492 e. The molecule has 0 spiro atoms. The molecule has 1 aromatic carbocycles. The highest BCUT2D eigenvalue weighted by Gasteiger charge is 2.07. The maximum Gasteiger partial charge on any atom is 0.142 e. The number of aryl methyl sites for hydroxylation is 1. The van der Waals surface area contributed by atoms with Gasteiger partial charge in [-0.25, -0.2) is 0 Å². The van der Waals surface area contributed by atoms with E-state index < -0.39 is 0 Å². The summed E-state index contributed by atoms with van der Waals surface area (Å²) >= 11 is 0. The van der Waals surface area contributed by atoms with Crippen molar-refractivity contribution in [3.63, 3.8) is 0 Å². The lowest BCUT2D eigenvalue weighted by Crippen LogP contribution is -2.16. The molecule has 0 saturated carbocycles. The van der Waals surface area contributed by atoms with Crippen molar-refractivity contribution in [3.05, 3.63) is 48.4 Å². The van der Waals surface area contributed by atoms with Gasteiger partial charge in [-0.3, -0.25) is 0 Å². The second-order valence-electron chi connectivity index (χ2n) is 4.59. The van der Waals surface area contributed by atoms with E-state index in [1.54, 1.807) is 6.26 Å². The lowest BCUT2D eigenvalue weighted by Gasteiger charge is -2.17. The van der Waals surface area contributed by atoms with Crippen molar-refractivity contribution < 1.29 is 9.15 Å². The largest absolute Gasteiger partial charge is 0.492 e. The second kappa shape index (κ2) is 6.88. The number of ether oxygens (including phenoxy) is 1. The average molecular weight is 259 g/mol. The van der Waals surface area contributed by atoms with Crippen LogP contribution in [0.25, 0.3) is 0 Å². The molecule has 0 aliphatic rings. The Kier molecular flexibility index (Phi) is 4.90. The summed E-state index contributed by atoms with van der Waals surface area (Å²) in [5.74, 6) is 1.95. The molecule has 1 N–H and O–H groups in total. The molecule has 0 radical (unpaired) electrons. The Labute approximate surface area is 114 Å². The van der Waals surface area contributed by atoms with E-state index in [1.165, 1.54) is 0 Å². The number of para-hydroxylation sites is 2. The highest BCUT2D eigenvalue weighted by Crippen LogP contribution is 2.25. The average Bonchev–Trinajstić information content (AvgIpc) is 2.92. The van der Waals surface area contributed by atoms with Crippen LogP contribution >= 0.6 is 0 Å². The third kappa shape index (κ3) is 4.05. The molecule has 1 heterocycles. The van der Waals surface area contributed by atoms with Crippen molar-refractivity contribution in [1.29, 1.82) is 0 Å². The molecule has 102 valence electrons. The minimum atomic E-state index is 0.367. The van der Waals surface area contributed by atoms with Crippen LogP contribution in [0.4, 0.5) is 5.69 Å². The third-order valence-electron chi connectivity index (χ3n) is 2.99. The van der Waals surface area contributed by atoms with Crippen molar-refractivity contribution in [2.75, 3.05) is 11.9 Å². The fourth-order valence-electron chi connectivity index (χ4n) is 2.02. The predicted octanol–water partition coefficient (Wildman–Crippen LogP) is 4.11. The highest BCUT2D eigenvalue weighted by atomic mass is 16.5. The van der Waals surface area contributed by atoms with Gasteiger partial charge in [0.1, 0.15) is 11.5 Å². The van der Waals surface area contributed by atoms with Gasteiger partial charge in [-0.2, -0.15) is 0 Å². The van der Waals surface area contributed by atoms with E-state index >= 15 is 0 Å². The van der Waals surface area contributed by atoms with Crippen LogP contribution in [0.3, 0.4) is 0 Å². The van der Waals surface area contributed by atoms with E-state index in [4.69, 9.17) is 9.15 Å². The lowest BCUT2D eigenvalue weighted by molar-refractivity contribution is 0.341. The van der Waals surface area contributed by atoms with Gasteiger partial charge in [-0.1, -0.05) is 12.1 Å². The summed E-state index contributed by atoms with van der Waals surface area (Å²) in [5, 5.41) is 3.49. The van der Waals surface area contributed by atoms with E-state index in [0.29, 0.717) is 12.6 Å². The molecule has 0 bridgehead atoms. The summed E-state index contributed by atoms with van der Waals surface area (Å²) in [4.78, 5) is 0. The standard InChI is InChI=1S/C16H21NO2/c1-3-18-16-9-5-4-8-15(16)17-13(2)10-11-14-7-6-12-19-14/h4-9,12-13,17H,3,10-11H2,1-2H3. The van der Waals surface area contributed by atoms with Gasteiger partial charge in [0.25, 0.3) is 0 Å². The first kappa shape index (κ1) is 13.5. The molecule has 1 aromatic heterocycles. The number of anilines is 1. The maximum absolute atomic E-state index is 5.61. The van der Waals surface area contributed by atoms with E-state index in [2.05, 4.69) is 12.2 Å². The fourth-order valence-corrected chi connectivity index (χ4v) is 2.02. The normalized spacial score (nSPS) is 12.1. The van der Waals surface area contributed by atoms with Gasteiger partial charge < -0.3 is 14.5 Å². The number of rotatable bonds is 7. The molecule has 2 rings (SSSR count). The Morgan fingerprint density at radius 1 is 1.21 bits per heavy atom. The van der Waals surface area contributed by atoms with Crippen molar-refractivity contribution in [3.8, 4) is 5.75 Å². The Bertz CT molecular complexity index is 479. The van der Waals surface area contributed by atoms with Crippen LogP contribution in [0.5, 0.6) is 5.75 Å². The second-order valence-corrected chi connectivity index (χ2v) is 4.59. The van der Waals surface area contributed by atoms with Gasteiger partial charge >= 0.3 is 0 Å². The topological polar surface area (TPSA) is 34.4 Å². The summed E-state index contributed by atoms with van der Waals surface area (Å²) in [6.45, 7) is 4.85. The first-order valence-electron chi connectivity index (χ1n) is 6.80. The van der Waals surface area contributed by atoms with E-state index in [1.807, 2.05) is 43.3 Å².